The van der Waals surface area contributed by atoms with Gasteiger partial charge in [-0.05, 0) is 40.0 Å². The van der Waals surface area contributed by atoms with E-state index in [4.69, 9.17) is 4.98 Å². The minimum absolute atomic E-state index is 0.840. The van der Waals surface area contributed by atoms with Crippen LogP contribution in [0.15, 0.2) is 11.2 Å². The number of aromatic nitrogens is 4. The first kappa shape index (κ1) is 17.0. The van der Waals surface area contributed by atoms with Crippen LogP contribution in [0.25, 0.3) is 0 Å². The van der Waals surface area contributed by atoms with Gasteiger partial charge in [0.25, 0.3) is 0 Å². The van der Waals surface area contributed by atoms with Gasteiger partial charge in [0.15, 0.2) is 5.16 Å². The van der Waals surface area contributed by atoms with Gasteiger partial charge in [-0.15, -0.1) is 0 Å². The van der Waals surface area contributed by atoms with Gasteiger partial charge < -0.3 is 9.80 Å². The van der Waals surface area contributed by atoms with Crippen molar-refractivity contribution in [1.82, 2.24) is 19.9 Å². The lowest BCUT2D eigenvalue weighted by atomic mass is 10.2. The topological polar surface area (TPSA) is 58.0 Å². The summed E-state index contributed by atoms with van der Waals surface area (Å²) < 4.78 is 0. The summed E-state index contributed by atoms with van der Waals surface area (Å²) >= 11 is 1.59. The van der Waals surface area contributed by atoms with Gasteiger partial charge in [-0.1, -0.05) is 11.8 Å². The second-order valence-corrected chi connectivity index (χ2v) is 6.94. The monoisotopic (exact) mass is 344 g/mol. The van der Waals surface area contributed by atoms with Crippen molar-refractivity contribution in [2.75, 3.05) is 42.2 Å². The van der Waals surface area contributed by atoms with E-state index in [1.54, 1.807) is 11.8 Å². The van der Waals surface area contributed by atoms with Crippen LogP contribution < -0.4 is 9.80 Å². The molecule has 7 heteroatoms. The lowest BCUT2D eigenvalue weighted by Gasteiger charge is -2.36. The second kappa shape index (κ2) is 6.93. The summed E-state index contributed by atoms with van der Waals surface area (Å²) in [5.41, 5.74) is 4.27. The van der Waals surface area contributed by atoms with Gasteiger partial charge in [-0.3, -0.25) is 0 Å². The maximum Gasteiger partial charge on any atom is 0.225 e. The number of hydrogen-bond donors (Lipinski definition) is 0. The third kappa shape index (κ3) is 3.45. The van der Waals surface area contributed by atoms with Crippen molar-refractivity contribution in [3.05, 3.63) is 28.7 Å². The van der Waals surface area contributed by atoms with Crippen LogP contribution in [0.4, 0.5) is 11.8 Å². The third-order valence-corrected chi connectivity index (χ3v) is 4.91. The van der Waals surface area contributed by atoms with E-state index in [0.29, 0.717) is 0 Å². The molecule has 0 amide bonds. The average molecular weight is 344 g/mol. The molecule has 0 N–H and O–H groups in total. The number of hydrogen-bond acceptors (Lipinski definition) is 7. The summed E-state index contributed by atoms with van der Waals surface area (Å²) in [5.74, 6) is 1.90. The predicted molar refractivity (Wildman–Crippen MR) is 99.2 cm³/mol. The molecular weight excluding hydrogens is 320 g/mol. The van der Waals surface area contributed by atoms with Crippen molar-refractivity contribution in [3.8, 4) is 0 Å². The number of thioether (sulfide) groups is 1. The lowest BCUT2D eigenvalue weighted by molar-refractivity contribution is 0.627. The minimum atomic E-state index is 0.840. The first-order chi connectivity index (χ1) is 11.5. The molecule has 1 saturated heterocycles. The normalized spacial score (nSPS) is 15.0. The first-order valence-corrected chi connectivity index (χ1v) is 9.42. The van der Waals surface area contributed by atoms with Crippen LogP contribution in [0.3, 0.4) is 0 Å². The highest BCUT2D eigenvalue weighted by molar-refractivity contribution is 7.98. The van der Waals surface area contributed by atoms with E-state index >= 15 is 0 Å². The molecule has 0 aromatic carbocycles. The summed E-state index contributed by atoms with van der Waals surface area (Å²) in [6.45, 7) is 11.8. The fraction of sp³-hybridized carbons (Fsp3) is 0.529. The van der Waals surface area contributed by atoms with Crippen molar-refractivity contribution < 1.29 is 0 Å². The Hall–Kier alpha value is -1.89. The summed E-state index contributed by atoms with van der Waals surface area (Å²) in [4.78, 5) is 23.0. The molecule has 0 saturated carbocycles. The fourth-order valence-corrected chi connectivity index (χ4v) is 3.36. The highest BCUT2D eigenvalue weighted by atomic mass is 32.2. The molecule has 0 atom stereocenters. The Morgan fingerprint density at radius 1 is 0.833 bits per heavy atom. The van der Waals surface area contributed by atoms with Crippen molar-refractivity contribution in [1.29, 1.82) is 0 Å². The highest BCUT2D eigenvalue weighted by Crippen LogP contribution is 2.24. The van der Waals surface area contributed by atoms with Crippen LogP contribution in [0, 0.1) is 27.7 Å². The van der Waals surface area contributed by atoms with Crippen LogP contribution in [-0.2, 0) is 0 Å². The maximum absolute atomic E-state index is 4.73. The second-order valence-electron chi connectivity index (χ2n) is 6.17. The Balaban J connectivity index is 1.77. The zero-order chi connectivity index (χ0) is 17.3. The number of rotatable bonds is 3. The highest BCUT2D eigenvalue weighted by Gasteiger charge is 2.22. The Bertz CT molecular complexity index is 720. The molecule has 0 unspecified atom stereocenters. The van der Waals surface area contributed by atoms with Gasteiger partial charge >= 0.3 is 0 Å². The van der Waals surface area contributed by atoms with Gasteiger partial charge in [0.2, 0.25) is 5.95 Å². The van der Waals surface area contributed by atoms with E-state index in [1.807, 2.05) is 26.2 Å². The van der Waals surface area contributed by atoms with E-state index in [2.05, 4.69) is 38.6 Å². The SMILES string of the molecule is CSc1nc(C)c(C)c(N2CCN(c3nc(C)cc(C)n3)CC2)n1. The Kier molecular flexibility index (Phi) is 4.89. The summed E-state index contributed by atoms with van der Waals surface area (Å²) in [7, 11) is 0. The van der Waals surface area contributed by atoms with Crippen LogP contribution in [0.5, 0.6) is 0 Å². The van der Waals surface area contributed by atoms with Gasteiger partial charge in [-0.25, -0.2) is 19.9 Å². The molecule has 1 aliphatic heterocycles. The molecule has 1 fully saturated rings. The number of aryl methyl sites for hydroxylation is 3. The Morgan fingerprint density at radius 2 is 1.42 bits per heavy atom. The van der Waals surface area contributed by atoms with E-state index in [9.17, 15) is 0 Å². The lowest BCUT2D eigenvalue weighted by Crippen LogP contribution is -2.47. The largest absolute Gasteiger partial charge is 0.353 e. The molecule has 1 aliphatic rings. The molecule has 0 bridgehead atoms. The minimum Gasteiger partial charge on any atom is -0.353 e. The Morgan fingerprint density at radius 3 is 2.00 bits per heavy atom. The van der Waals surface area contributed by atoms with Crippen LogP contribution in [-0.4, -0.2) is 52.4 Å². The Labute approximate surface area is 147 Å². The molecule has 3 heterocycles. The molecule has 6 nitrogen and oxygen atoms in total. The average Bonchev–Trinajstić information content (AvgIpc) is 2.56. The molecule has 0 aliphatic carbocycles. The quantitative estimate of drug-likeness (QED) is 0.626. The van der Waals surface area contributed by atoms with Crippen molar-refractivity contribution in [3.63, 3.8) is 0 Å². The molecule has 128 valence electrons. The van der Waals surface area contributed by atoms with Crippen LogP contribution >= 0.6 is 11.8 Å². The van der Waals surface area contributed by atoms with Crippen LogP contribution in [0.1, 0.15) is 22.6 Å². The predicted octanol–water partition coefficient (Wildman–Crippen LogP) is 2.55. The third-order valence-electron chi connectivity index (χ3n) is 4.36. The van der Waals surface area contributed by atoms with E-state index in [-0.39, 0.29) is 0 Å². The molecule has 0 radical (unpaired) electrons. The summed E-state index contributed by atoms with van der Waals surface area (Å²) in [6.07, 6.45) is 2.02. The molecule has 2 aromatic heterocycles. The maximum atomic E-state index is 4.73. The van der Waals surface area contributed by atoms with Crippen molar-refractivity contribution in [2.45, 2.75) is 32.9 Å². The van der Waals surface area contributed by atoms with Gasteiger partial charge in [0.05, 0.1) is 0 Å². The molecule has 24 heavy (non-hydrogen) atoms. The summed E-state index contributed by atoms with van der Waals surface area (Å²) in [6, 6.07) is 2.01. The smallest absolute Gasteiger partial charge is 0.225 e. The number of nitrogens with zero attached hydrogens (tertiary/aromatic N) is 6. The van der Waals surface area contributed by atoms with Crippen molar-refractivity contribution >= 4 is 23.5 Å². The zero-order valence-electron chi connectivity index (χ0n) is 15.0. The molecule has 2 aromatic rings. The number of anilines is 2. The molecular formula is C17H24N6S. The standard InChI is InChI=1S/C17H24N6S/c1-11-10-12(2)19-16(18-11)23-8-6-22(7-9-23)15-13(3)14(4)20-17(21-15)24-5/h10H,6-9H2,1-5H3. The van der Waals surface area contributed by atoms with Gasteiger partial charge in [0.1, 0.15) is 5.82 Å². The zero-order valence-corrected chi connectivity index (χ0v) is 15.8. The summed E-state index contributed by atoms with van der Waals surface area (Å²) in [5, 5.41) is 0.841. The molecule has 0 spiro atoms. The van der Waals surface area contributed by atoms with Gasteiger partial charge in [0, 0.05) is 48.8 Å². The van der Waals surface area contributed by atoms with Crippen LogP contribution in [0.2, 0.25) is 0 Å². The first-order valence-electron chi connectivity index (χ1n) is 8.19. The van der Waals surface area contributed by atoms with Gasteiger partial charge in [-0.2, -0.15) is 0 Å². The molecule has 3 rings (SSSR count). The fourth-order valence-electron chi connectivity index (χ4n) is 2.95. The van der Waals surface area contributed by atoms with E-state index in [1.165, 1.54) is 5.56 Å². The van der Waals surface area contributed by atoms with E-state index in [0.717, 1.165) is 60.2 Å². The van der Waals surface area contributed by atoms with Crippen molar-refractivity contribution in [2.24, 2.45) is 0 Å². The van der Waals surface area contributed by atoms with E-state index < -0.39 is 0 Å². The number of piperazine rings is 1.